The van der Waals surface area contributed by atoms with Crippen molar-refractivity contribution in [3.8, 4) is 17.2 Å². The molecular weight excluding hydrogens is 428 g/mol. The summed E-state index contributed by atoms with van der Waals surface area (Å²) in [4.78, 5) is 19.5. The van der Waals surface area contributed by atoms with Crippen LogP contribution in [0.4, 0.5) is 0 Å². The number of ether oxygens (including phenoxy) is 3. The van der Waals surface area contributed by atoms with E-state index in [1.54, 1.807) is 32.4 Å². The molecule has 0 saturated heterocycles. The van der Waals surface area contributed by atoms with Crippen molar-refractivity contribution in [3.05, 3.63) is 65.4 Å². The zero-order valence-electron chi connectivity index (χ0n) is 21.7. The smallest absolute Gasteiger partial charge is 0.272 e. The average molecular weight is 467 g/mol. The lowest BCUT2D eigenvalue weighted by Crippen LogP contribution is -2.43. The second kappa shape index (κ2) is 12.3. The Kier molecular flexibility index (Phi) is 9.72. The second-order valence-corrected chi connectivity index (χ2v) is 9.31. The number of methoxy groups -OCH3 is 2. The third-order valence-electron chi connectivity index (χ3n) is 5.37. The number of para-hydroxylation sites is 1. The van der Waals surface area contributed by atoms with Gasteiger partial charge in [0.05, 0.1) is 20.3 Å². The highest BCUT2D eigenvalue weighted by Gasteiger charge is 2.24. The van der Waals surface area contributed by atoms with E-state index in [1.807, 2.05) is 83.2 Å². The van der Waals surface area contributed by atoms with Gasteiger partial charge in [-0.15, -0.1) is 0 Å². The maximum absolute atomic E-state index is 13.2. The van der Waals surface area contributed by atoms with Gasteiger partial charge < -0.3 is 19.1 Å². The summed E-state index contributed by atoms with van der Waals surface area (Å²) in [5, 5.41) is 0. The summed E-state index contributed by atoms with van der Waals surface area (Å²) in [6, 6.07) is 13.5. The first kappa shape index (κ1) is 27.0. The number of aliphatic imine (C=N–C) groups is 1. The maximum Gasteiger partial charge on any atom is 0.272 e. The van der Waals surface area contributed by atoms with Crippen molar-refractivity contribution in [1.29, 1.82) is 0 Å². The topological polar surface area (TPSA) is 60.4 Å². The first-order valence-electron chi connectivity index (χ1n) is 11.6. The van der Waals surface area contributed by atoms with E-state index in [0.717, 1.165) is 23.3 Å². The molecule has 6 heteroatoms. The van der Waals surface area contributed by atoms with Gasteiger partial charge in [-0.25, -0.2) is 0 Å². The number of hydrogen-bond donors (Lipinski definition) is 0. The number of hydrogen-bond acceptors (Lipinski definition) is 5. The number of carbonyl (C=O) groups excluding carboxylic acids is 1. The fourth-order valence-electron chi connectivity index (χ4n) is 3.18. The summed E-state index contributed by atoms with van der Waals surface area (Å²) in [6.45, 7) is 9.96. The molecule has 0 aromatic heterocycles. The molecule has 0 spiro atoms. The summed E-state index contributed by atoms with van der Waals surface area (Å²) in [6.07, 6.45) is 5.02. The Morgan fingerprint density at radius 2 is 1.71 bits per heavy atom. The van der Waals surface area contributed by atoms with Gasteiger partial charge in [0.25, 0.3) is 5.91 Å². The van der Waals surface area contributed by atoms with Gasteiger partial charge in [-0.1, -0.05) is 24.3 Å². The van der Waals surface area contributed by atoms with E-state index in [2.05, 4.69) is 4.99 Å². The van der Waals surface area contributed by atoms with Gasteiger partial charge in [-0.05, 0) is 77.3 Å². The first-order chi connectivity index (χ1) is 16.1. The lowest BCUT2D eigenvalue weighted by Gasteiger charge is -2.32. The van der Waals surface area contributed by atoms with Crippen LogP contribution in [-0.2, 0) is 11.2 Å². The minimum Gasteiger partial charge on any atom is -0.496 e. The molecule has 0 saturated carbocycles. The van der Waals surface area contributed by atoms with Crippen LogP contribution in [0.25, 0.3) is 0 Å². The van der Waals surface area contributed by atoms with Gasteiger partial charge in [-0.2, -0.15) is 0 Å². The molecule has 0 heterocycles. The van der Waals surface area contributed by atoms with E-state index in [4.69, 9.17) is 14.2 Å². The van der Waals surface area contributed by atoms with Crippen molar-refractivity contribution in [2.45, 2.75) is 59.1 Å². The first-order valence-corrected chi connectivity index (χ1v) is 11.6. The minimum absolute atomic E-state index is 0.0668. The van der Waals surface area contributed by atoms with E-state index in [1.165, 1.54) is 0 Å². The predicted molar refractivity (Wildman–Crippen MR) is 138 cm³/mol. The van der Waals surface area contributed by atoms with Crippen molar-refractivity contribution in [1.82, 2.24) is 4.90 Å². The zero-order valence-corrected chi connectivity index (χ0v) is 21.7. The SMILES string of the molecule is COc1ccccc1C=N/C(=C/CCc1ccc(OC(C)C)c(OC)c1)C(=O)N(C)C(C)(C)C. The van der Waals surface area contributed by atoms with Gasteiger partial charge in [-0.3, -0.25) is 9.79 Å². The van der Waals surface area contributed by atoms with Crippen LogP contribution in [0, 0.1) is 0 Å². The molecule has 0 aliphatic carbocycles. The Hall–Kier alpha value is -3.28. The molecule has 0 aliphatic heterocycles. The number of amides is 1. The fraction of sp³-hybridized carbons (Fsp3) is 0.429. The molecule has 0 atom stereocenters. The molecule has 6 nitrogen and oxygen atoms in total. The van der Waals surface area contributed by atoms with Crippen molar-refractivity contribution in [2.75, 3.05) is 21.3 Å². The number of aryl methyl sites for hydroxylation is 1. The lowest BCUT2D eigenvalue weighted by molar-refractivity contribution is -0.129. The Morgan fingerprint density at radius 1 is 1.03 bits per heavy atom. The number of carbonyl (C=O) groups is 1. The average Bonchev–Trinajstić information content (AvgIpc) is 2.80. The van der Waals surface area contributed by atoms with E-state index in [9.17, 15) is 4.79 Å². The van der Waals surface area contributed by atoms with Crippen LogP contribution in [0.5, 0.6) is 17.2 Å². The third kappa shape index (κ3) is 7.65. The van der Waals surface area contributed by atoms with Gasteiger partial charge >= 0.3 is 0 Å². The van der Waals surface area contributed by atoms with Crippen LogP contribution >= 0.6 is 0 Å². The predicted octanol–water partition coefficient (Wildman–Crippen LogP) is 5.68. The number of likely N-dealkylation sites (N-methyl/N-ethyl adjacent to an activating group) is 1. The van der Waals surface area contributed by atoms with Gasteiger partial charge in [0.15, 0.2) is 11.5 Å². The molecule has 1 amide bonds. The van der Waals surface area contributed by atoms with Crippen molar-refractivity contribution in [2.24, 2.45) is 4.99 Å². The van der Waals surface area contributed by atoms with Crippen LogP contribution in [0.3, 0.4) is 0 Å². The number of rotatable bonds is 10. The quantitative estimate of drug-likeness (QED) is 0.334. The van der Waals surface area contributed by atoms with Crippen LogP contribution in [0.1, 0.15) is 52.2 Å². The molecule has 2 aromatic rings. The van der Waals surface area contributed by atoms with Crippen molar-refractivity contribution >= 4 is 12.1 Å². The van der Waals surface area contributed by atoms with E-state index < -0.39 is 0 Å². The maximum atomic E-state index is 13.2. The molecular formula is C28H38N2O4. The molecule has 0 aliphatic rings. The van der Waals surface area contributed by atoms with Gasteiger partial charge in [0.1, 0.15) is 11.4 Å². The van der Waals surface area contributed by atoms with Crippen LogP contribution in [-0.4, -0.2) is 49.9 Å². The summed E-state index contributed by atoms with van der Waals surface area (Å²) in [7, 11) is 5.05. The lowest BCUT2D eigenvalue weighted by atomic mass is 10.1. The summed E-state index contributed by atoms with van der Waals surface area (Å²) >= 11 is 0. The normalized spacial score (nSPS) is 12.2. The van der Waals surface area contributed by atoms with E-state index >= 15 is 0 Å². The summed E-state index contributed by atoms with van der Waals surface area (Å²) in [5.74, 6) is 2.00. The van der Waals surface area contributed by atoms with Gasteiger partial charge in [0, 0.05) is 24.4 Å². The molecule has 2 rings (SSSR count). The monoisotopic (exact) mass is 466 g/mol. The highest BCUT2D eigenvalue weighted by molar-refractivity contribution is 5.96. The largest absolute Gasteiger partial charge is 0.496 e. The molecule has 34 heavy (non-hydrogen) atoms. The van der Waals surface area contributed by atoms with Crippen molar-refractivity contribution in [3.63, 3.8) is 0 Å². The Labute approximate surface area is 204 Å². The van der Waals surface area contributed by atoms with E-state index in [0.29, 0.717) is 23.6 Å². The van der Waals surface area contributed by atoms with Gasteiger partial charge in [0.2, 0.25) is 0 Å². The third-order valence-corrected chi connectivity index (χ3v) is 5.37. The van der Waals surface area contributed by atoms with Crippen LogP contribution in [0.2, 0.25) is 0 Å². The second-order valence-electron chi connectivity index (χ2n) is 9.31. The molecule has 0 unspecified atom stereocenters. The highest BCUT2D eigenvalue weighted by Crippen LogP contribution is 2.29. The molecule has 184 valence electrons. The standard InChI is InChI=1S/C28H38N2O4/c1-20(2)34-25-17-16-21(18-26(25)33-8)12-11-14-23(27(31)30(6)28(3,4)5)29-19-22-13-9-10-15-24(22)32-7/h9-10,13-20H,11-12H2,1-8H3/b23-14+,29-19?. The Bertz CT molecular complexity index is 1020. The van der Waals surface area contributed by atoms with E-state index in [-0.39, 0.29) is 17.6 Å². The fourth-order valence-corrected chi connectivity index (χ4v) is 3.18. The zero-order chi connectivity index (χ0) is 25.3. The number of benzene rings is 2. The molecule has 0 radical (unpaired) electrons. The minimum atomic E-state index is -0.324. The number of nitrogens with zero attached hydrogens (tertiary/aromatic N) is 2. The number of allylic oxidation sites excluding steroid dienone is 1. The van der Waals surface area contributed by atoms with Crippen molar-refractivity contribution < 1.29 is 19.0 Å². The van der Waals surface area contributed by atoms with Crippen LogP contribution < -0.4 is 14.2 Å². The Morgan fingerprint density at radius 3 is 2.32 bits per heavy atom. The summed E-state index contributed by atoms with van der Waals surface area (Å²) < 4.78 is 16.7. The highest BCUT2D eigenvalue weighted by atomic mass is 16.5. The van der Waals surface area contributed by atoms with Crippen LogP contribution in [0.15, 0.2) is 59.2 Å². The molecule has 0 fully saturated rings. The molecule has 2 aromatic carbocycles. The summed E-state index contributed by atoms with van der Waals surface area (Å²) in [5.41, 5.74) is 1.98. The Balaban J connectivity index is 2.27. The molecule has 0 bridgehead atoms. The molecule has 0 N–H and O–H groups in total.